The summed E-state index contributed by atoms with van der Waals surface area (Å²) in [6.07, 6.45) is 0.567. The van der Waals surface area contributed by atoms with Gasteiger partial charge < -0.3 is 11.1 Å². The van der Waals surface area contributed by atoms with E-state index in [0.717, 1.165) is 5.56 Å². The van der Waals surface area contributed by atoms with Crippen LogP contribution >= 0.6 is 12.2 Å². The van der Waals surface area contributed by atoms with Crippen molar-refractivity contribution in [3.8, 4) is 0 Å². The topological polar surface area (TPSA) is 92.4 Å². The molecule has 0 saturated carbocycles. The van der Waals surface area contributed by atoms with Crippen molar-refractivity contribution in [1.29, 1.82) is 0 Å². The Labute approximate surface area is 128 Å². The minimum Gasteiger partial charge on any atom is -0.398 e. The molecule has 0 amide bonds. The van der Waals surface area contributed by atoms with Crippen molar-refractivity contribution in [2.45, 2.75) is 18.2 Å². The lowest BCUT2D eigenvalue weighted by Gasteiger charge is -2.12. The van der Waals surface area contributed by atoms with Crippen LogP contribution in [0.25, 0.3) is 10.8 Å². The first-order chi connectivity index (χ1) is 9.80. The first kappa shape index (κ1) is 15.7. The lowest BCUT2D eigenvalue weighted by atomic mass is 10.0. The number of nitrogens with two attached hydrogens (primary N) is 1. The van der Waals surface area contributed by atoms with E-state index in [1.54, 1.807) is 19.1 Å². The van der Waals surface area contributed by atoms with Gasteiger partial charge in [0.25, 0.3) is 10.1 Å². The number of hydrogen-bond donors (Lipinski definition) is 3. The summed E-state index contributed by atoms with van der Waals surface area (Å²) in [7, 11) is -4.40. The van der Waals surface area contributed by atoms with Gasteiger partial charge in [0.15, 0.2) is 0 Å². The molecule has 0 aliphatic carbocycles. The Balaban J connectivity index is 2.61. The highest BCUT2D eigenvalue weighted by atomic mass is 32.2. The Bertz CT molecular complexity index is 801. The second-order valence-corrected chi connectivity index (χ2v) is 6.68. The van der Waals surface area contributed by atoms with Crippen LogP contribution in [0.4, 0.5) is 5.69 Å². The number of nitrogens with one attached hydrogen (secondary N) is 1. The van der Waals surface area contributed by atoms with Crippen molar-refractivity contribution in [3.05, 3.63) is 35.9 Å². The number of anilines is 1. The summed E-state index contributed by atoms with van der Waals surface area (Å²) in [6.45, 7) is 2.36. The number of fused-ring (bicyclic) bond motifs is 1. The first-order valence-electron chi connectivity index (χ1n) is 6.32. The van der Waals surface area contributed by atoms with Crippen molar-refractivity contribution in [1.82, 2.24) is 5.32 Å². The minimum absolute atomic E-state index is 0.0384. The zero-order valence-corrected chi connectivity index (χ0v) is 13.1. The monoisotopic (exact) mass is 324 g/mol. The van der Waals surface area contributed by atoms with Crippen molar-refractivity contribution in [3.63, 3.8) is 0 Å². The molecule has 0 bridgehead atoms. The van der Waals surface area contributed by atoms with E-state index in [9.17, 15) is 13.0 Å². The molecule has 2 rings (SSSR count). The molecule has 2 aromatic rings. The Morgan fingerprint density at radius 1 is 1.33 bits per heavy atom. The molecule has 21 heavy (non-hydrogen) atoms. The molecule has 0 aromatic heterocycles. The van der Waals surface area contributed by atoms with Crippen LogP contribution in [0.15, 0.2) is 35.2 Å². The van der Waals surface area contributed by atoms with E-state index in [1.165, 1.54) is 6.07 Å². The van der Waals surface area contributed by atoms with Crippen LogP contribution in [0.5, 0.6) is 0 Å². The highest BCUT2D eigenvalue weighted by Gasteiger charge is 2.20. The Kier molecular flexibility index (Phi) is 4.46. The predicted octanol–water partition coefficient (Wildman–Crippen LogP) is 2.15. The quantitative estimate of drug-likeness (QED) is 0.453. The van der Waals surface area contributed by atoms with E-state index >= 15 is 0 Å². The van der Waals surface area contributed by atoms with Gasteiger partial charge in [-0.15, -0.1) is 0 Å². The van der Waals surface area contributed by atoms with Crippen LogP contribution in [-0.4, -0.2) is 24.5 Å². The van der Waals surface area contributed by atoms with Gasteiger partial charge in [0.2, 0.25) is 0 Å². The molecule has 4 N–H and O–H groups in total. The molecular formula is C14H16N2O3S2. The summed E-state index contributed by atoms with van der Waals surface area (Å²) in [5.74, 6) is 0. The molecule has 0 radical (unpaired) electrons. The highest BCUT2D eigenvalue weighted by molar-refractivity contribution is 7.86. The summed E-state index contributed by atoms with van der Waals surface area (Å²) in [4.78, 5) is 0.444. The number of rotatable bonds is 4. The van der Waals surface area contributed by atoms with Gasteiger partial charge in [-0.3, -0.25) is 4.55 Å². The third kappa shape index (κ3) is 3.49. The second-order valence-electron chi connectivity index (χ2n) is 4.71. The lowest BCUT2D eigenvalue weighted by Crippen LogP contribution is -2.21. The summed E-state index contributed by atoms with van der Waals surface area (Å²) < 4.78 is 32.7. The number of hydrogen-bond acceptors (Lipinski definition) is 4. The Morgan fingerprint density at radius 2 is 2.05 bits per heavy atom. The molecule has 2 aromatic carbocycles. The third-order valence-electron chi connectivity index (χ3n) is 3.14. The molecule has 0 saturated heterocycles. The molecule has 0 fully saturated rings. The molecule has 7 heteroatoms. The standard InChI is InChI=1S/C14H16N2O3S2/c1-9(20)16-8-7-11-4-2-3-10-5-6-12(15)14(13(10)11)21(17,18)19/h2-6H,7-8,15H2,1H3,(H,16,20)(H,17,18,19). The van der Waals surface area contributed by atoms with E-state index in [4.69, 9.17) is 18.0 Å². The predicted molar refractivity (Wildman–Crippen MR) is 88.2 cm³/mol. The zero-order valence-electron chi connectivity index (χ0n) is 11.5. The van der Waals surface area contributed by atoms with Gasteiger partial charge in [-0.2, -0.15) is 8.42 Å². The smallest absolute Gasteiger partial charge is 0.297 e. The molecule has 0 unspecified atom stereocenters. The molecule has 0 atom stereocenters. The second kappa shape index (κ2) is 5.97. The average molecular weight is 324 g/mol. The van der Waals surface area contributed by atoms with Crippen molar-refractivity contribution in [2.75, 3.05) is 12.3 Å². The fourth-order valence-corrected chi connectivity index (χ4v) is 3.27. The van der Waals surface area contributed by atoms with Crippen molar-refractivity contribution < 1.29 is 13.0 Å². The van der Waals surface area contributed by atoms with Gasteiger partial charge in [-0.05, 0) is 30.4 Å². The number of thiocarbonyl (C=S) groups is 1. The van der Waals surface area contributed by atoms with Gasteiger partial charge in [-0.1, -0.05) is 36.5 Å². The minimum atomic E-state index is -4.40. The van der Waals surface area contributed by atoms with Crippen LogP contribution in [-0.2, 0) is 16.5 Å². The van der Waals surface area contributed by atoms with Crippen LogP contribution in [0.1, 0.15) is 12.5 Å². The summed E-state index contributed by atoms with van der Waals surface area (Å²) in [5.41, 5.74) is 6.57. The molecule has 0 spiro atoms. The van der Waals surface area contributed by atoms with E-state index < -0.39 is 10.1 Å². The van der Waals surface area contributed by atoms with Crippen LogP contribution < -0.4 is 11.1 Å². The summed E-state index contributed by atoms with van der Waals surface area (Å²) >= 11 is 4.95. The maximum Gasteiger partial charge on any atom is 0.297 e. The van der Waals surface area contributed by atoms with Gasteiger partial charge in [0.05, 0.1) is 10.7 Å². The number of nitrogen functional groups attached to an aromatic ring is 1. The Morgan fingerprint density at radius 3 is 2.67 bits per heavy atom. The van der Waals surface area contributed by atoms with E-state index in [2.05, 4.69) is 5.32 Å². The van der Waals surface area contributed by atoms with Gasteiger partial charge >= 0.3 is 0 Å². The third-order valence-corrected chi connectivity index (χ3v) is 4.24. The van der Waals surface area contributed by atoms with Crippen molar-refractivity contribution in [2.24, 2.45) is 0 Å². The van der Waals surface area contributed by atoms with E-state index in [1.807, 2.05) is 12.1 Å². The largest absolute Gasteiger partial charge is 0.398 e. The zero-order chi connectivity index (χ0) is 15.6. The summed E-state index contributed by atoms with van der Waals surface area (Å²) in [5, 5.41) is 4.20. The van der Waals surface area contributed by atoms with Crippen LogP contribution in [0.3, 0.4) is 0 Å². The highest BCUT2D eigenvalue weighted by Crippen LogP contribution is 2.31. The normalized spacial score (nSPS) is 11.5. The average Bonchev–Trinajstić information content (AvgIpc) is 2.37. The molecule has 0 heterocycles. The Hall–Kier alpha value is -1.70. The fourth-order valence-electron chi connectivity index (χ4n) is 2.29. The molecular weight excluding hydrogens is 308 g/mol. The molecule has 0 aliphatic rings. The number of benzene rings is 2. The van der Waals surface area contributed by atoms with E-state index in [-0.39, 0.29) is 10.6 Å². The molecule has 0 aliphatic heterocycles. The summed E-state index contributed by atoms with van der Waals surface area (Å²) in [6, 6.07) is 8.66. The van der Waals surface area contributed by atoms with Crippen LogP contribution in [0, 0.1) is 0 Å². The van der Waals surface area contributed by atoms with Crippen LogP contribution in [0.2, 0.25) is 0 Å². The maximum absolute atomic E-state index is 11.6. The first-order valence-corrected chi connectivity index (χ1v) is 8.17. The fraction of sp³-hybridized carbons (Fsp3) is 0.214. The van der Waals surface area contributed by atoms with Gasteiger partial charge in [-0.25, -0.2) is 0 Å². The lowest BCUT2D eigenvalue weighted by molar-refractivity contribution is 0.484. The SMILES string of the molecule is CC(=S)NCCc1cccc2ccc(N)c(S(=O)(=O)O)c12. The van der Waals surface area contributed by atoms with Gasteiger partial charge in [0.1, 0.15) is 4.90 Å². The van der Waals surface area contributed by atoms with E-state index in [0.29, 0.717) is 28.7 Å². The van der Waals surface area contributed by atoms with Gasteiger partial charge in [0, 0.05) is 11.9 Å². The maximum atomic E-state index is 11.6. The molecule has 112 valence electrons. The molecule has 5 nitrogen and oxygen atoms in total. The van der Waals surface area contributed by atoms with Crippen molar-refractivity contribution >= 4 is 43.8 Å².